The molecule has 16 atom stereocenters. The number of hydrogen-bond donors (Lipinski definition) is 7. The van der Waals surface area contributed by atoms with Crippen molar-refractivity contribution in [1.29, 1.82) is 0 Å². The number of fused-ring (bicyclic) bond motifs is 5. The molecule has 16 unspecified atom stereocenters. The molecule has 0 spiro atoms. The zero-order chi connectivity index (χ0) is 33.5. The Morgan fingerprint density at radius 1 is 0.844 bits per heavy atom. The highest BCUT2D eigenvalue weighted by molar-refractivity contribution is 5.21. The van der Waals surface area contributed by atoms with Crippen molar-refractivity contribution in [2.45, 2.75) is 161 Å². The molecule has 45 heavy (non-hydrogen) atoms. The first kappa shape index (κ1) is 35.7. The fourth-order valence-electron chi connectivity index (χ4n) is 12.0. The molecule has 0 bridgehead atoms. The Morgan fingerprint density at radius 2 is 1.49 bits per heavy atom. The van der Waals surface area contributed by atoms with Crippen LogP contribution in [-0.4, -0.2) is 97.0 Å². The van der Waals surface area contributed by atoms with Gasteiger partial charge in [0, 0.05) is 5.41 Å². The topological polar surface area (TPSA) is 160 Å². The van der Waals surface area contributed by atoms with Gasteiger partial charge in [-0.1, -0.05) is 46.3 Å². The average Bonchev–Trinajstić information content (AvgIpc) is 3.33. The van der Waals surface area contributed by atoms with Crippen LogP contribution in [0, 0.1) is 45.3 Å². The predicted octanol–water partition coefficient (Wildman–Crippen LogP) is 3.30. The van der Waals surface area contributed by atoms with Crippen LogP contribution in [0.2, 0.25) is 0 Å². The summed E-state index contributed by atoms with van der Waals surface area (Å²) in [4.78, 5) is 0. The average molecular weight is 639 g/mol. The van der Waals surface area contributed by atoms with E-state index in [9.17, 15) is 35.7 Å². The van der Waals surface area contributed by atoms with Gasteiger partial charge in [-0.25, -0.2) is 0 Å². The molecule has 260 valence electrons. The second kappa shape index (κ2) is 12.1. The van der Waals surface area contributed by atoms with E-state index in [1.54, 1.807) is 0 Å². The van der Waals surface area contributed by atoms with Gasteiger partial charge in [0.05, 0.1) is 24.4 Å². The third-order valence-corrected chi connectivity index (χ3v) is 14.6. The first-order valence-electron chi connectivity index (χ1n) is 17.5. The molecule has 5 rings (SSSR count). The fourth-order valence-corrected chi connectivity index (χ4v) is 12.0. The molecule has 9 heteroatoms. The summed E-state index contributed by atoms with van der Waals surface area (Å²) in [5, 5.41) is 76.7. The van der Waals surface area contributed by atoms with E-state index in [4.69, 9.17) is 9.47 Å². The van der Waals surface area contributed by atoms with Gasteiger partial charge >= 0.3 is 0 Å². The summed E-state index contributed by atoms with van der Waals surface area (Å²) in [6.07, 6.45) is -0.911. The Morgan fingerprint density at radius 3 is 2.11 bits per heavy atom. The molecule has 5 aliphatic rings. The molecule has 7 N–H and O–H groups in total. The van der Waals surface area contributed by atoms with Crippen LogP contribution in [0.1, 0.15) is 107 Å². The zero-order valence-corrected chi connectivity index (χ0v) is 28.8. The minimum absolute atomic E-state index is 0.00639. The van der Waals surface area contributed by atoms with Crippen molar-refractivity contribution in [2.75, 3.05) is 6.61 Å². The molecule has 0 amide bonds. The lowest BCUT2D eigenvalue weighted by atomic mass is 9.34. The van der Waals surface area contributed by atoms with Gasteiger partial charge in [-0.05, 0) is 112 Å². The molecule has 0 aromatic rings. The van der Waals surface area contributed by atoms with E-state index < -0.39 is 72.1 Å². The van der Waals surface area contributed by atoms with Gasteiger partial charge in [0.25, 0.3) is 0 Å². The van der Waals surface area contributed by atoms with Crippen molar-refractivity contribution in [3.8, 4) is 0 Å². The van der Waals surface area contributed by atoms with Crippen molar-refractivity contribution < 1.29 is 45.2 Å². The molecular weight excluding hydrogens is 576 g/mol. The maximum atomic E-state index is 12.1. The second-order valence-corrected chi connectivity index (χ2v) is 17.4. The minimum atomic E-state index is -1.59. The lowest BCUT2D eigenvalue weighted by molar-refractivity contribution is -0.355. The molecule has 0 aromatic heterocycles. The Hall–Kier alpha value is -0.620. The molecule has 5 fully saturated rings. The van der Waals surface area contributed by atoms with Crippen LogP contribution in [0.25, 0.3) is 0 Å². The lowest BCUT2D eigenvalue weighted by Gasteiger charge is -2.71. The molecule has 1 aliphatic heterocycles. The summed E-state index contributed by atoms with van der Waals surface area (Å²) in [5.74, 6) is 0.755. The van der Waals surface area contributed by atoms with E-state index >= 15 is 0 Å². The van der Waals surface area contributed by atoms with Crippen molar-refractivity contribution in [3.05, 3.63) is 11.6 Å². The molecule has 4 saturated carbocycles. The predicted molar refractivity (Wildman–Crippen MR) is 170 cm³/mol. The number of aliphatic hydroxyl groups excluding tert-OH is 6. The Labute approximate surface area is 270 Å². The van der Waals surface area contributed by atoms with Crippen LogP contribution in [0.3, 0.4) is 0 Å². The lowest BCUT2D eigenvalue weighted by Crippen LogP contribution is -2.73. The smallest absolute Gasteiger partial charge is 0.187 e. The van der Waals surface area contributed by atoms with Crippen LogP contribution in [-0.2, 0) is 9.47 Å². The number of aliphatic hydroxyl groups is 7. The number of hydrogen-bond acceptors (Lipinski definition) is 9. The highest BCUT2D eigenvalue weighted by atomic mass is 16.7. The summed E-state index contributed by atoms with van der Waals surface area (Å²) in [5.41, 5.74) is -0.810. The van der Waals surface area contributed by atoms with Gasteiger partial charge in [-0.2, -0.15) is 0 Å². The van der Waals surface area contributed by atoms with Gasteiger partial charge in [0.15, 0.2) is 6.29 Å². The maximum Gasteiger partial charge on any atom is 0.187 e. The van der Waals surface area contributed by atoms with Gasteiger partial charge in [-0.15, -0.1) is 0 Å². The molecule has 4 aliphatic carbocycles. The SMILES string of the molecule is CC(C)=CCCC(C)(O)C1CCC2(C)C1CCC1C3(C)C(O)C(O)C(OC4OC(CO)C(O)C(O)C4O)C(C)(C)C3CCC12C. The number of rotatable bonds is 7. The quantitative estimate of drug-likeness (QED) is 0.164. The van der Waals surface area contributed by atoms with E-state index in [1.165, 1.54) is 5.57 Å². The van der Waals surface area contributed by atoms with Crippen LogP contribution < -0.4 is 0 Å². The summed E-state index contributed by atoms with van der Waals surface area (Å²) in [6.45, 7) is 16.8. The molecule has 1 saturated heterocycles. The second-order valence-electron chi connectivity index (χ2n) is 17.4. The molecule has 1 heterocycles. The largest absolute Gasteiger partial charge is 0.394 e. The first-order valence-corrected chi connectivity index (χ1v) is 17.5. The normalized spacial score (nSPS) is 52.2. The van der Waals surface area contributed by atoms with Crippen molar-refractivity contribution in [3.63, 3.8) is 0 Å². The summed E-state index contributed by atoms with van der Waals surface area (Å²) in [6, 6.07) is 0. The summed E-state index contributed by atoms with van der Waals surface area (Å²) < 4.78 is 11.9. The molecule has 0 aromatic carbocycles. The van der Waals surface area contributed by atoms with E-state index in [-0.39, 0.29) is 28.6 Å². The minimum Gasteiger partial charge on any atom is -0.394 e. The van der Waals surface area contributed by atoms with Crippen molar-refractivity contribution in [1.82, 2.24) is 0 Å². The molecule has 9 nitrogen and oxygen atoms in total. The van der Waals surface area contributed by atoms with E-state index in [2.05, 4.69) is 40.7 Å². The number of ether oxygens (including phenoxy) is 2. The van der Waals surface area contributed by atoms with E-state index in [0.717, 1.165) is 51.4 Å². The van der Waals surface area contributed by atoms with Crippen LogP contribution in [0.4, 0.5) is 0 Å². The fraction of sp³-hybridized carbons (Fsp3) is 0.944. The summed E-state index contributed by atoms with van der Waals surface area (Å²) in [7, 11) is 0. The highest BCUT2D eigenvalue weighted by Gasteiger charge is 2.73. The highest BCUT2D eigenvalue weighted by Crippen LogP contribution is 2.76. The molecular formula is C36H62O9. The third kappa shape index (κ3) is 5.30. The van der Waals surface area contributed by atoms with Crippen LogP contribution in [0.15, 0.2) is 11.6 Å². The Kier molecular flexibility index (Phi) is 9.56. The summed E-state index contributed by atoms with van der Waals surface area (Å²) >= 11 is 0. The third-order valence-electron chi connectivity index (χ3n) is 14.6. The monoisotopic (exact) mass is 638 g/mol. The number of allylic oxidation sites excluding steroid dienone is 2. The zero-order valence-electron chi connectivity index (χ0n) is 28.8. The van der Waals surface area contributed by atoms with Gasteiger partial charge in [0.2, 0.25) is 0 Å². The van der Waals surface area contributed by atoms with Gasteiger partial charge < -0.3 is 45.2 Å². The van der Waals surface area contributed by atoms with Crippen LogP contribution >= 0.6 is 0 Å². The van der Waals surface area contributed by atoms with Crippen LogP contribution in [0.5, 0.6) is 0 Å². The van der Waals surface area contributed by atoms with Gasteiger partial charge in [0.1, 0.15) is 30.5 Å². The van der Waals surface area contributed by atoms with Crippen molar-refractivity contribution in [2.24, 2.45) is 45.3 Å². The first-order chi connectivity index (χ1) is 20.8. The van der Waals surface area contributed by atoms with Crippen molar-refractivity contribution >= 4 is 0 Å². The van der Waals surface area contributed by atoms with E-state index in [0.29, 0.717) is 5.92 Å². The van der Waals surface area contributed by atoms with Gasteiger partial charge in [-0.3, -0.25) is 0 Å². The molecule has 0 radical (unpaired) electrons. The van der Waals surface area contributed by atoms with E-state index in [1.807, 2.05) is 20.8 Å². The maximum absolute atomic E-state index is 12.1. The Bertz CT molecular complexity index is 1100. The standard InChI is InChI=1S/C36H62O9/c1-19(2)10-9-15-35(7,43)21-13-16-33(5)20(21)11-12-24-34(33,6)17-14-23-32(3,4)30(28(41)29(42)36(23,24)8)45-31-27(40)26(39)25(38)22(18-37)44-31/h10,20-31,37-43H,9,11-18H2,1-8H3. The Balaban J connectivity index is 1.41.